The third-order valence-electron chi connectivity index (χ3n) is 2.24. The quantitative estimate of drug-likeness (QED) is 0.354. The molecular weight excluding hydrogens is 323 g/mol. The standard InChI is InChI=1S/C14H23N2O4PS/c1-10(2)19-21(17,20-11(3)4)16-14(22)15-12-6-8-13(18-5)9-7-12/h6-11H,1-5H3,(H2,15,16,17,22)/p-1. The monoisotopic (exact) mass is 345 g/mol. The van der Waals surface area contributed by atoms with Gasteiger partial charge in [0.25, 0.3) is 0 Å². The molecule has 0 aromatic heterocycles. The van der Waals surface area contributed by atoms with Gasteiger partial charge in [-0.2, -0.15) is 9.05 Å². The van der Waals surface area contributed by atoms with Gasteiger partial charge < -0.3 is 27.6 Å². The van der Waals surface area contributed by atoms with Crippen LogP contribution in [0.3, 0.4) is 0 Å². The van der Waals surface area contributed by atoms with E-state index in [1.165, 1.54) is 0 Å². The van der Waals surface area contributed by atoms with E-state index in [0.29, 0.717) is 5.69 Å². The fourth-order valence-electron chi connectivity index (χ4n) is 1.54. The van der Waals surface area contributed by atoms with E-state index in [9.17, 15) is 4.89 Å². The molecule has 1 N–H and O–H groups in total. The summed E-state index contributed by atoms with van der Waals surface area (Å²) in [7, 11) is -2.05. The lowest BCUT2D eigenvalue weighted by Crippen LogP contribution is -2.23. The largest absolute Gasteiger partial charge is 0.739 e. The predicted octanol–water partition coefficient (Wildman–Crippen LogP) is 2.90. The van der Waals surface area contributed by atoms with Crippen molar-refractivity contribution in [1.82, 2.24) is 0 Å². The highest BCUT2D eigenvalue weighted by Gasteiger charge is 2.33. The zero-order chi connectivity index (χ0) is 16.8. The highest BCUT2D eigenvalue weighted by atomic mass is 32.1. The molecule has 0 aliphatic rings. The first kappa shape index (κ1) is 19.1. The zero-order valence-electron chi connectivity index (χ0n) is 13.4. The molecule has 0 amide bonds. The number of ether oxygens (including phenoxy) is 1. The summed E-state index contributed by atoms with van der Waals surface area (Å²) < 4.78 is 19.6. The molecule has 1 rings (SSSR count). The molecule has 8 heteroatoms. The fourth-order valence-corrected chi connectivity index (χ4v) is 3.44. The minimum Gasteiger partial charge on any atom is -0.739 e. The van der Waals surface area contributed by atoms with E-state index in [2.05, 4.69) is 10.1 Å². The van der Waals surface area contributed by atoms with Crippen LogP contribution in [0, 0.1) is 0 Å². The van der Waals surface area contributed by atoms with Crippen LogP contribution in [-0.2, 0) is 21.7 Å². The molecule has 6 nitrogen and oxygen atoms in total. The van der Waals surface area contributed by atoms with Crippen LogP contribution in [0.5, 0.6) is 5.75 Å². The molecule has 124 valence electrons. The molecule has 1 aromatic carbocycles. The molecule has 0 aliphatic carbocycles. The van der Waals surface area contributed by atoms with Crippen LogP contribution < -0.4 is 14.9 Å². The van der Waals surface area contributed by atoms with Gasteiger partial charge in [-0.1, -0.05) is 4.76 Å². The number of nitrogens with one attached hydrogen (secondary N) is 1. The summed E-state index contributed by atoms with van der Waals surface area (Å²) in [5.41, 5.74) is 0.704. The van der Waals surface area contributed by atoms with Gasteiger partial charge in [0.1, 0.15) is 18.0 Å². The summed E-state index contributed by atoms with van der Waals surface area (Å²) in [4.78, 5) is 12.6. The van der Waals surface area contributed by atoms with E-state index in [1.807, 2.05) is 0 Å². The van der Waals surface area contributed by atoms with Crippen molar-refractivity contribution in [2.24, 2.45) is 4.76 Å². The molecule has 22 heavy (non-hydrogen) atoms. The average Bonchev–Trinajstić information content (AvgIpc) is 2.36. The van der Waals surface area contributed by atoms with E-state index in [-0.39, 0.29) is 17.4 Å². The van der Waals surface area contributed by atoms with Crippen LogP contribution in [-0.4, -0.2) is 24.5 Å². The Morgan fingerprint density at radius 1 is 1.14 bits per heavy atom. The van der Waals surface area contributed by atoms with Gasteiger partial charge >= 0.3 is 8.09 Å². The van der Waals surface area contributed by atoms with Crippen molar-refractivity contribution in [3.05, 3.63) is 24.3 Å². The van der Waals surface area contributed by atoms with Gasteiger partial charge in [0.15, 0.2) is 0 Å². The summed E-state index contributed by atoms with van der Waals surface area (Å²) in [5.74, 6) is 0.727. The molecule has 0 bridgehead atoms. The van der Waals surface area contributed by atoms with Gasteiger partial charge in [-0.05, 0) is 52.0 Å². The van der Waals surface area contributed by atoms with Gasteiger partial charge in [-0.3, -0.25) is 0 Å². The number of rotatable bonds is 7. The Morgan fingerprint density at radius 3 is 2.05 bits per heavy atom. The van der Waals surface area contributed by atoms with Crippen molar-refractivity contribution in [2.45, 2.75) is 39.9 Å². The summed E-state index contributed by atoms with van der Waals surface area (Å²) in [6.07, 6.45) is -0.589. The van der Waals surface area contributed by atoms with Gasteiger partial charge in [-0.15, -0.1) is 0 Å². The van der Waals surface area contributed by atoms with Crippen LogP contribution in [0.1, 0.15) is 27.7 Å². The summed E-state index contributed by atoms with van der Waals surface area (Å²) in [6.45, 7) is 7.02. The maximum atomic E-state index is 12.6. The van der Waals surface area contributed by atoms with Crippen molar-refractivity contribution in [2.75, 3.05) is 12.4 Å². The van der Waals surface area contributed by atoms with Crippen molar-refractivity contribution in [1.29, 1.82) is 0 Å². The number of anilines is 1. The van der Waals surface area contributed by atoms with Crippen LogP contribution in [0.25, 0.3) is 0 Å². The summed E-state index contributed by atoms with van der Waals surface area (Å²) >= 11 is 5.11. The van der Waals surface area contributed by atoms with Crippen LogP contribution in [0.15, 0.2) is 29.0 Å². The first-order chi connectivity index (χ1) is 10.2. The molecule has 0 saturated heterocycles. The lowest BCUT2D eigenvalue weighted by molar-refractivity contribution is -0.225. The number of hydrogen-bond acceptors (Lipinski definition) is 6. The zero-order valence-corrected chi connectivity index (χ0v) is 15.1. The smallest absolute Gasteiger partial charge is 0.360 e. The second-order valence-electron chi connectivity index (χ2n) is 5.04. The minimum atomic E-state index is -3.64. The Morgan fingerprint density at radius 2 is 1.64 bits per heavy atom. The Bertz CT molecular complexity index is 484. The molecule has 0 radical (unpaired) electrons. The lowest BCUT2D eigenvalue weighted by Gasteiger charge is -2.27. The second kappa shape index (κ2) is 8.60. The Labute approximate surface area is 137 Å². The average molecular weight is 345 g/mol. The third kappa shape index (κ3) is 6.85. The van der Waals surface area contributed by atoms with E-state index in [1.54, 1.807) is 59.1 Å². The van der Waals surface area contributed by atoms with Gasteiger partial charge in [-0.25, -0.2) is 0 Å². The molecule has 0 unspecified atom stereocenters. The normalized spacial score (nSPS) is 12.8. The molecule has 1 aromatic rings. The maximum Gasteiger partial charge on any atom is 0.360 e. The summed E-state index contributed by atoms with van der Waals surface area (Å²) in [5, 5.41) is 2.91. The van der Waals surface area contributed by atoms with E-state index in [4.69, 9.17) is 26.4 Å². The van der Waals surface area contributed by atoms with Crippen molar-refractivity contribution >= 4 is 31.6 Å². The third-order valence-corrected chi connectivity index (χ3v) is 4.39. The molecule has 0 spiro atoms. The Hall–Kier alpha value is -0.980. The highest BCUT2D eigenvalue weighted by molar-refractivity contribution is 7.79. The first-order valence-corrected chi connectivity index (χ1v) is 8.79. The predicted molar refractivity (Wildman–Crippen MR) is 90.8 cm³/mol. The maximum absolute atomic E-state index is 12.6. The molecule has 0 fully saturated rings. The number of amidine groups is 1. The van der Waals surface area contributed by atoms with E-state index < -0.39 is 8.09 Å². The topological polar surface area (TPSA) is 75.1 Å². The van der Waals surface area contributed by atoms with Crippen LogP contribution in [0.2, 0.25) is 0 Å². The second-order valence-corrected chi connectivity index (χ2v) is 6.98. The number of nitrogens with zero attached hydrogens (tertiary/aromatic N) is 1. The van der Waals surface area contributed by atoms with Crippen molar-refractivity contribution < 1.29 is 18.7 Å². The highest BCUT2D eigenvalue weighted by Crippen LogP contribution is 2.56. The lowest BCUT2D eigenvalue weighted by atomic mass is 10.3. The minimum absolute atomic E-state index is 0.0369. The molecule has 0 atom stereocenters. The molecule has 0 saturated carbocycles. The van der Waals surface area contributed by atoms with Gasteiger partial charge in [0.05, 0.1) is 7.11 Å². The van der Waals surface area contributed by atoms with Gasteiger partial charge in [0.2, 0.25) is 0 Å². The van der Waals surface area contributed by atoms with Crippen molar-refractivity contribution in [3.63, 3.8) is 0 Å². The van der Waals surface area contributed by atoms with Crippen LogP contribution >= 0.6 is 8.09 Å². The number of methoxy groups -OCH3 is 1. The first-order valence-electron chi connectivity index (χ1n) is 6.89. The Kier molecular flexibility index (Phi) is 7.45. The number of hydrogen-bond donors (Lipinski definition) is 1. The van der Waals surface area contributed by atoms with Crippen molar-refractivity contribution in [3.8, 4) is 5.75 Å². The molecular formula is C14H22N2O4PS-. The number of benzene rings is 1. The Balaban J connectivity index is 2.84. The van der Waals surface area contributed by atoms with Gasteiger partial charge in [0, 0.05) is 10.9 Å². The fraction of sp³-hybridized carbons (Fsp3) is 0.500. The summed E-state index contributed by atoms with van der Waals surface area (Å²) in [6, 6.07) is 7.11. The van der Waals surface area contributed by atoms with E-state index >= 15 is 0 Å². The van der Waals surface area contributed by atoms with Crippen LogP contribution in [0.4, 0.5) is 5.69 Å². The SMILES string of the molecule is COc1ccc(NC([S-])=N[P+]([O-])(OC(C)C)OC(C)C)cc1. The molecule has 0 aliphatic heterocycles. The van der Waals surface area contributed by atoms with E-state index in [0.717, 1.165) is 5.75 Å². The molecule has 0 heterocycles.